The second-order valence-electron chi connectivity index (χ2n) is 8.65. The van der Waals surface area contributed by atoms with Crippen molar-refractivity contribution in [3.05, 3.63) is 129 Å². The molecule has 6 heterocycles. The monoisotopic (exact) mass is 726 g/mol. The number of aliphatic hydroxyl groups is 2. The van der Waals surface area contributed by atoms with Gasteiger partial charge in [0.25, 0.3) is 16.7 Å². The van der Waals surface area contributed by atoms with Gasteiger partial charge in [0.1, 0.15) is 16.2 Å². The van der Waals surface area contributed by atoms with Crippen LogP contribution in [0.4, 0.5) is 0 Å². The van der Waals surface area contributed by atoms with Crippen LogP contribution in [-0.4, -0.2) is 54.9 Å². The smallest absolute Gasteiger partial charge is 0.337 e. The van der Waals surface area contributed by atoms with E-state index in [0.29, 0.717) is 5.56 Å². The van der Waals surface area contributed by atoms with Crippen LogP contribution in [0.5, 0.6) is 0 Å². The molecule has 0 radical (unpaired) electrons. The third-order valence-electron chi connectivity index (χ3n) is 5.63. The van der Waals surface area contributed by atoms with Crippen molar-refractivity contribution in [2.24, 2.45) is 0 Å². The van der Waals surface area contributed by atoms with Crippen molar-refractivity contribution in [1.29, 1.82) is 0 Å². The number of rotatable bonds is 2. The molecule has 47 heavy (non-hydrogen) atoms. The summed E-state index contributed by atoms with van der Waals surface area (Å²) in [6.45, 7) is 0.612. The topological polar surface area (TPSA) is 362 Å². The van der Waals surface area contributed by atoms with Crippen molar-refractivity contribution in [1.82, 2.24) is 29.9 Å². The number of hydrogen-bond acceptors (Lipinski definition) is 16. The van der Waals surface area contributed by atoms with Crippen LogP contribution >= 0.6 is 0 Å². The van der Waals surface area contributed by atoms with Gasteiger partial charge >= 0.3 is 56.4 Å². The Hall–Kier alpha value is -6.29. The van der Waals surface area contributed by atoms with Crippen molar-refractivity contribution in [2.75, 3.05) is 0 Å². The van der Waals surface area contributed by atoms with Gasteiger partial charge in [-0.05, 0) is 12.5 Å². The van der Waals surface area contributed by atoms with E-state index in [-0.39, 0.29) is 44.4 Å². The molecule has 23 heteroatoms. The van der Waals surface area contributed by atoms with Crippen molar-refractivity contribution >= 4 is 48.1 Å². The maximum Gasteiger partial charge on any atom is 0.337 e. The van der Waals surface area contributed by atoms with Gasteiger partial charge in [0.05, 0.1) is 13.2 Å². The SMILES string of the molecule is Cc1cc(=O)oc2[nH]c(=O)[nH]c(=O)c12.O=[Se]=O.O=c1[nH]c(=O)c2c(CO)cc(=O)oc2[nH]1.O=c1[nH]c(=O)c2c(CO)cc(=O)oc2[nH]1. The van der Waals surface area contributed by atoms with Crippen LogP contribution in [0.25, 0.3) is 33.3 Å². The Bertz CT molecular complexity index is 2560. The second kappa shape index (κ2) is 15.1. The first-order valence-corrected chi connectivity index (χ1v) is 13.6. The van der Waals surface area contributed by atoms with Crippen molar-refractivity contribution in [3.63, 3.8) is 0 Å². The van der Waals surface area contributed by atoms with Crippen molar-refractivity contribution in [3.8, 4) is 0 Å². The number of aromatic nitrogens is 6. The first-order chi connectivity index (χ1) is 22.2. The standard InChI is InChI=1S/2C8H6N2O5.C8H6N2O4.O2Se/c2*11-2-3-1-4(12)15-7-5(3)6(13)9-8(14)10-7;1-3-2-4(11)14-7-5(3)6(12)9-8(13)10-7;1-3-2/h2*1,11H,2H2,(H2,9,10,13,14);2H,1H3,(H2,9,10,12,13);. The Balaban J connectivity index is 0.000000184. The van der Waals surface area contributed by atoms with Gasteiger partial charge < -0.3 is 23.5 Å². The zero-order valence-electron chi connectivity index (χ0n) is 23.2. The molecule has 0 aromatic carbocycles. The fraction of sp³-hybridized carbons (Fsp3) is 0.125. The zero-order chi connectivity index (χ0) is 35.0. The Labute approximate surface area is 257 Å². The van der Waals surface area contributed by atoms with Gasteiger partial charge in [-0.25, -0.2) is 28.8 Å². The van der Waals surface area contributed by atoms with E-state index in [9.17, 15) is 43.2 Å². The van der Waals surface area contributed by atoms with Crippen LogP contribution < -0.4 is 50.6 Å². The summed E-state index contributed by atoms with van der Waals surface area (Å²) in [6, 6.07) is 3.18. The van der Waals surface area contributed by atoms with Crippen LogP contribution in [0.3, 0.4) is 0 Å². The number of aromatic amines is 6. The molecule has 0 saturated heterocycles. The predicted molar refractivity (Wildman–Crippen MR) is 155 cm³/mol. The molecule has 6 aromatic heterocycles. The molecule has 0 fully saturated rings. The Morgan fingerprint density at radius 2 is 0.830 bits per heavy atom. The molecule has 246 valence electrons. The fourth-order valence-electron chi connectivity index (χ4n) is 3.89. The maximum atomic E-state index is 11.3. The van der Waals surface area contributed by atoms with E-state index in [1.807, 2.05) is 15.0 Å². The molecule has 0 saturated carbocycles. The van der Waals surface area contributed by atoms with Gasteiger partial charge in [-0.1, -0.05) is 0 Å². The molecule has 0 spiro atoms. The Kier molecular flexibility index (Phi) is 11.3. The van der Waals surface area contributed by atoms with Gasteiger partial charge in [-0.2, -0.15) is 0 Å². The van der Waals surface area contributed by atoms with E-state index >= 15 is 0 Å². The number of H-pyrrole nitrogens is 6. The molecule has 6 rings (SSSR count). The second-order valence-corrected chi connectivity index (χ2v) is 8.94. The fourth-order valence-corrected chi connectivity index (χ4v) is 3.89. The largest absolute Gasteiger partial charge is 0.405 e. The Morgan fingerprint density at radius 3 is 1.17 bits per heavy atom. The first kappa shape index (κ1) is 35.2. The van der Waals surface area contributed by atoms with Crippen LogP contribution in [0, 0.1) is 6.92 Å². The minimum absolute atomic E-state index is 0.0308. The van der Waals surface area contributed by atoms with Crippen LogP contribution in [-0.2, 0) is 20.9 Å². The number of hydrogen-bond donors (Lipinski definition) is 8. The molecule has 22 nitrogen and oxygen atoms in total. The molecule has 0 unspecified atom stereocenters. The molecule has 0 atom stereocenters. The summed E-state index contributed by atoms with van der Waals surface area (Å²) in [4.78, 5) is 112. The van der Waals surface area contributed by atoms with Crippen LogP contribution in [0.2, 0.25) is 0 Å². The number of fused-ring (bicyclic) bond motifs is 3. The maximum absolute atomic E-state index is 11.3. The minimum Gasteiger partial charge on any atom is -0.405 e. The number of aliphatic hydroxyl groups excluding tert-OH is 2. The van der Waals surface area contributed by atoms with Gasteiger partial charge in [0.2, 0.25) is 17.1 Å². The van der Waals surface area contributed by atoms with Gasteiger partial charge in [0.15, 0.2) is 0 Å². The van der Waals surface area contributed by atoms with E-state index in [4.69, 9.17) is 17.9 Å². The molecule has 6 aromatic rings. The van der Waals surface area contributed by atoms with E-state index in [1.165, 1.54) is 6.07 Å². The van der Waals surface area contributed by atoms with Crippen molar-refractivity contribution in [2.45, 2.75) is 20.1 Å². The average molecular weight is 725 g/mol. The average Bonchev–Trinajstić information content (AvgIpc) is 2.95. The van der Waals surface area contributed by atoms with Gasteiger partial charge in [-0.3, -0.25) is 44.3 Å². The molecular formula is C24H18N6O16Se. The van der Waals surface area contributed by atoms with Crippen LogP contribution in [0.15, 0.2) is 74.6 Å². The summed E-state index contributed by atoms with van der Waals surface area (Å²) in [5, 5.41) is 18.0. The summed E-state index contributed by atoms with van der Waals surface area (Å²) in [5.41, 5.74) is -6.19. The quantitative estimate of drug-likeness (QED) is 0.0793. The molecule has 0 amide bonds. The summed E-state index contributed by atoms with van der Waals surface area (Å²) in [7, 11) is 0. The van der Waals surface area contributed by atoms with Crippen molar-refractivity contribution < 1.29 is 31.1 Å². The summed E-state index contributed by atoms with van der Waals surface area (Å²) >= 11 is -1.62. The van der Waals surface area contributed by atoms with E-state index in [1.54, 1.807) is 6.92 Å². The zero-order valence-corrected chi connectivity index (χ0v) is 24.9. The summed E-state index contributed by atoms with van der Waals surface area (Å²) < 4.78 is 30.8. The van der Waals surface area contributed by atoms with E-state index in [2.05, 4.69) is 28.2 Å². The molecule has 0 aliphatic carbocycles. The number of nitrogens with one attached hydrogen (secondary N) is 6. The van der Waals surface area contributed by atoms with E-state index in [0.717, 1.165) is 12.1 Å². The molecule has 0 aliphatic heterocycles. The third kappa shape index (κ3) is 8.46. The summed E-state index contributed by atoms with van der Waals surface area (Å²) in [5.74, 6) is 0. The normalized spacial score (nSPS) is 10.3. The van der Waals surface area contributed by atoms with Gasteiger partial charge in [-0.15, -0.1) is 0 Å². The minimum atomic E-state index is -1.62. The number of aryl methyl sites for hydroxylation is 1. The molecule has 8 N–H and O–H groups in total. The molecular weight excluding hydrogens is 707 g/mol. The van der Waals surface area contributed by atoms with E-state index < -0.39 is 78.7 Å². The summed E-state index contributed by atoms with van der Waals surface area (Å²) in [6.07, 6.45) is 0. The molecule has 0 aliphatic rings. The van der Waals surface area contributed by atoms with Gasteiger partial charge in [0, 0.05) is 29.3 Å². The molecule has 0 bridgehead atoms. The predicted octanol–water partition coefficient (Wildman–Crippen LogP) is -3.82. The van der Waals surface area contributed by atoms with Crippen LogP contribution in [0.1, 0.15) is 16.7 Å². The first-order valence-electron chi connectivity index (χ1n) is 12.2. The third-order valence-corrected chi connectivity index (χ3v) is 5.63. The Morgan fingerprint density at radius 1 is 0.532 bits per heavy atom.